The van der Waals surface area contributed by atoms with E-state index < -0.39 is 0 Å². The number of phenolic OH excluding ortho intramolecular Hbond substituents is 1. The second-order valence-corrected chi connectivity index (χ2v) is 4.34. The molecule has 0 aliphatic heterocycles. The van der Waals surface area contributed by atoms with Gasteiger partial charge in [0.2, 0.25) is 0 Å². The Balaban J connectivity index is 2.22. The molecule has 0 aliphatic rings. The molecule has 0 heterocycles. The van der Waals surface area contributed by atoms with Crippen molar-refractivity contribution in [1.82, 2.24) is 0 Å². The van der Waals surface area contributed by atoms with Gasteiger partial charge in [-0.05, 0) is 43.7 Å². The highest BCUT2D eigenvalue weighted by atomic mass is 16.5. The Morgan fingerprint density at radius 1 is 1.11 bits per heavy atom. The summed E-state index contributed by atoms with van der Waals surface area (Å²) in [5, 5.41) is 9.75. The Bertz CT molecular complexity index is 544. The molecular weight excluding hydrogens is 224 g/mol. The lowest BCUT2D eigenvalue weighted by molar-refractivity contribution is 0.459. The summed E-state index contributed by atoms with van der Waals surface area (Å²) in [5.74, 6) is 1.78. The molecule has 1 N–H and O–H groups in total. The largest absolute Gasteiger partial charge is 0.508 e. The van der Waals surface area contributed by atoms with E-state index in [4.69, 9.17) is 4.74 Å². The van der Waals surface area contributed by atoms with Crippen LogP contribution in [-0.2, 0) is 6.42 Å². The molecule has 0 unspecified atom stereocenters. The maximum Gasteiger partial charge on any atom is 0.127 e. The Hall–Kier alpha value is -2.22. The van der Waals surface area contributed by atoms with Gasteiger partial charge in [0, 0.05) is 5.56 Å². The van der Waals surface area contributed by atoms with E-state index in [2.05, 4.69) is 6.58 Å². The quantitative estimate of drug-likeness (QED) is 0.807. The Labute approximate surface area is 107 Å². The minimum Gasteiger partial charge on any atom is -0.508 e. The lowest BCUT2D eigenvalue weighted by Crippen LogP contribution is -1.89. The van der Waals surface area contributed by atoms with Crippen LogP contribution in [0.5, 0.6) is 17.2 Å². The Kier molecular flexibility index (Phi) is 3.68. The molecule has 0 radical (unpaired) electrons. The van der Waals surface area contributed by atoms with E-state index in [0.29, 0.717) is 6.42 Å². The van der Waals surface area contributed by atoms with E-state index >= 15 is 0 Å². The van der Waals surface area contributed by atoms with Crippen molar-refractivity contribution in [2.75, 3.05) is 0 Å². The van der Waals surface area contributed by atoms with Gasteiger partial charge in [0.05, 0.1) is 0 Å². The zero-order valence-corrected chi connectivity index (χ0v) is 10.4. The van der Waals surface area contributed by atoms with Crippen LogP contribution in [0, 0.1) is 0 Å². The van der Waals surface area contributed by atoms with E-state index in [0.717, 1.165) is 22.6 Å². The van der Waals surface area contributed by atoms with Gasteiger partial charge in [0.1, 0.15) is 17.2 Å². The summed E-state index contributed by atoms with van der Waals surface area (Å²) in [6, 6.07) is 14.8. The third-order valence-electron chi connectivity index (χ3n) is 2.52. The number of aromatic hydroxyl groups is 1. The molecule has 0 aliphatic carbocycles. The van der Waals surface area contributed by atoms with Gasteiger partial charge in [-0.1, -0.05) is 30.4 Å². The number of hydrogen-bond donors (Lipinski definition) is 1. The zero-order chi connectivity index (χ0) is 13.0. The highest BCUT2D eigenvalue weighted by molar-refractivity contribution is 5.42. The SMILES string of the molecule is C=C(C)Cc1cc(Oc2ccccc2)ccc1O. The van der Waals surface area contributed by atoms with Crippen molar-refractivity contribution in [3.05, 3.63) is 66.2 Å². The minimum atomic E-state index is 0.276. The third-order valence-corrected chi connectivity index (χ3v) is 2.52. The fraction of sp³-hybridized carbons (Fsp3) is 0.125. The standard InChI is InChI=1S/C16H16O2/c1-12(2)10-13-11-15(8-9-16(13)17)18-14-6-4-3-5-7-14/h3-9,11,17H,1,10H2,2H3. The van der Waals surface area contributed by atoms with Crippen molar-refractivity contribution in [3.63, 3.8) is 0 Å². The van der Waals surface area contributed by atoms with Gasteiger partial charge in [-0.2, -0.15) is 0 Å². The van der Waals surface area contributed by atoms with E-state index in [1.165, 1.54) is 0 Å². The Morgan fingerprint density at radius 2 is 1.83 bits per heavy atom. The third kappa shape index (κ3) is 3.14. The number of benzene rings is 2. The van der Waals surface area contributed by atoms with Crippen LogP contribution in [0.4, 0.5) is 0 Å². The van der Waals surface area contributed by atoms with Crippen molar-refractivity contribution in [3.8, 4) is 17.2 Å². The van der Waals surface area contributed by atoms with E-state index in [1.807, 2.05) is 43.3 Å². The average molecular weight is 240 g/mol. The zero-order valence-electron chi connectivity index (χ0n) is 10.4. The van der Waals surface area contributed by atoms with Crippen molar-refractivity contribution in [1.29, 1.82) is 0 Å². The number of hydrogen-bond acceptors (Lipinski definition) is 2. The Morgan fingerprint density at radius 3 is 2.50 bits per heavy atom. The molecule has 18 heavy (non-hydrogen) atoms. The number of ether oxygens (including phenoxy) is 1. The van der Waals surface area contributed by atoms with Crippen molar-refractivity contribution < 1.29 is 9.84 Å². The van der Waals surface area contributed by atoms with Crippen LogP contribution in [0.1, 0.15) is 12.5 Å². The predicted molar refractivity (Wildman–Crippen MR) is 73.1 cm³/mol. The van der Waals surface area contributed by atoms with Gasteiger partial charge in [-0.3, -0.25) is 0 Å². The normalized spacial score (nSPS) is 10.1. The van der Waals surface area contributed by atoms with Gasteiger partial charge in [0.25, 0.3) is 0 Å². The molecule has 0 fully saturated rings. The highest BCUT2D eigenvalue weighted by Crippen LogP contribution is 2.28. The molecule has 0 amide bonds. The molecule has 2 aromatic rings. The smallest absolute Gasteiger partial charge is 0.127 e. The second kappa shape index (κ2) is 5.41. The molecule has 0 aromatic heterocycles. The molecule has 0 saturated heterocycles. The average Bonchev–Trinajstić information content (AvgIpc) is 2.34. The fourth-order valence-corrected chi connectivity index (χ4v) is 1.72. The highest BCUT2D eigenvalue weighted by Gasteiger charge is 2.04. The molecular formula is C16H16O2. The first-order valence-corrected chi connectivity index (χ1v) is 5.84. The second-order valence-electron chi connectivity index (χ2n) is 4.34. The van der Waals surface area contributed by atoms with Crippen LogP contribution in [-0.4, -0.2) is 5.11 Å². The van der Waals surface area contributed by atoms with E-state index in [-0.39, 0.29) is 5.75 Å². The predicted octanol–water partition coefficient (Wildman–Crippen LogP) is 4.30. The molecule has 0 atom stereocenters. The lowest BCUT2D eigenvalue weighted by Gasteiger charge is -2.09. The fourth-order valence-electron chi connectivity index (χ4n) is 1.72. The number of para-hydroxylation sites is 1. The summed E-state index contributed by atoms with van der Waals surface area (Å²) < 4.78 is 5.71. The number of phenols is 1. The van der Waals surface area contributed by atoms with Crippen LogP contribution >= 0.6 is 0 Å². The van der Waals surface area contributed by atoms with Crippen LogP contribution in [0.25, 0.3) is 0 Å². The number of allylic oxidation sites excluding steroid dienone is 1. The molecule has 2 heteroatoms. The maximum atomic E-state index is 9.75. The van der Waals surface area contributed by atoms with Crippen LogP contribution in [0.3, 0.4) is 0 Å². The summed E-state index contributed by atoms with van der Waals surface area (Å²) in [6.45, 7) is 5.79. The first kappa shape index (κ1) is 12.2. The van der Waals surface area contributed by atoms with Crippen LogP contribution in [0.15, 0.2) is 60.7 Å². The van der Waals surface area contributed by atoms with Gasteiger partial charge in [-0.15, -0.1) is 0 Å². The topological polar surface area (TPSA) is 29.5 Å². The lowest BCUT2D eigenvalue weighted by atomic mass is 10.1. The van der Waals surface area contributed by atoms with Gasteiger partial charge < -0.3 is 9.84 Å². The minimum absolute atomic E-state index is 0.276. The monoisotopic (exact) mass is 240 g/mol. The van der Waals surface area contributed by atoms with Gasteiger partial charge in [0.15, 0.2) is 0 Å². The first-order chi connectivity index (χ1) is 8.65. The maximum absolute atomic E-state index is 9.75. The van der Waals surface area contributed by atoms with Crippen LogP contribution < -0.4 is 4.74 Å². The summed E-state index contributed by atoms with van der Waals surface area (Å²) in [5.41, 5.74) is 1.83. The molecule has 92 valence electrons. The molecule has 2 rings (SSSR count). The van der Waals surface area contributed by atoms with Gasteiger partial charge >= 0.3 is 0 Å². The molecule has 0 saturated carbocycles. The van der Waals surface area contributed by atoms with Crippen molar-refractivity contribution >= 4 is 0 Å². The number of rotatable bonds is 4. The summed E-state index contributed by atoms with van der Waals surface area (Å²) >= 11 is 0. The first-order valence-electron chi connectivity index (χ1n) is 5.84. The molecule has 0 bridgehead atoms. The summed E-state index contributed by atoms with van der Waals surface area (Å²) in [4.78, 5) is 0. The summed E-state index contributed by atoms with van der Waals surface area (Å²) in [6.07, 6.45) is 0.651. The molecule has 2 nitrogen and oxygen atoms in total. The van der Waals surface area contributed by atoms with Crippen LogP contribution in [0.2, 0.25) is 0 Å². The van der Waals surface area contributed by atoms with E-state index in [1.54, 1.807) is 12.1 Å². The van der Waals surface area contributed by atoms with Gasteiger partial charge in [-0.25, -0.2) is 0 Å². The molecule has 0 spiro atoms. The summed E-state index contributed by atoms with van der Waals surface area (Å²) in [7, 11) is 0. The van der Waals surface area contributed by atoms with Crippen molar-refractivity contribution in [2.24, 2.45) is 0 Å². The molecule has 2 aromatic carbocycles. The van der Waals surface area contributed by atoms with E-state index in [9.17, 15) is 5.11 Å². The van der Waals surface area contributed by atoms with Crippen molar-refractivity contribution in [2.45, 2.75) is 13.3 Å².